The van der Waals surface area contributed by atoms with Crippen LogP contribution >= 0.6 is 0 Å². The van der Waals surface area contributed by atoms with Gasteiger partial charge >= 0.3 is 6.09 Å². The van der Waals surface area contributed by atoms with Crippen LogP contribution in [0.2, 0.25) is 0 Å². The number of imide groups is 1. The lowest BCUT2D eigenvalue weighted by atomic mass is 9.89. The summed E-state index contributed by atoms with van der Waals surface area (Å²) in [5.41, 5.74) is 1.33. The van der Waals surface area contributed by atoms with Crippen LogP contribution in [0, 0.1) is 5.92 Å². The van der Waals surface area contributed by atoms with Gasteiger partial charge in [-0.15, -0.1) is 0 Å². The molecule has 2 rings (SSSR count). The Bertz CT molecular complexity index is 572. The van der Waals surface area contributed by atoms with E-state index < -0.39 is 6.09 Å². The van der Waals surface area contributed by atoms with Crippen molar-refractivity contribution in [3.05, 3.63) is 35.9 Å². The van der Waals surface area contributed by atoms with Gasteiger partial charge in [0.2, 0.25) is 5.91 Å². The van der Waals surface area contributed by atoms with Gasteiger partial charge in [0.15, 0.2) is 0 Å². The number of unbranched alkanes of at least 4 members (excludes halogenated alkanes) is 7. The van der Waals surface area contributed by atoms with Gasteiger partial charge in [-0.2, -0.15) is 0 Å². The molecule has 1 aromatic rings. The van der Waals surface area contributed by atoms with Gasteiger partial charge in [-0.05, 0) is 24.3 Å². The van der Waals surface area contributed by atoms with Crippen LogP contribution in [-0.4, -0.2) is 30.1 Å². The molecule has 1 heterocycles. The van der Waals surface area contributed by atoms with Gasteiger partial charge in [0.1, 0.15) is 6.61 Å². The summed E-state index contributed by atoms with van der Waals surface area (Å²) >= 11 is 0. The average molecular weight is 388 g/mol. The van der Waals surface area contributed by atoms with Crippen LogP contribution in [0.1, 0.15) is 83.1 Å². The van der Waals surface area contributed by atoms with Crippen molar-refractivity contribution in [3.8, 4) is 0 Å². The van der Waals surface area contributed by atoms with Crippen LogP contribution in [0.4, 0.5) is 4.79 Å². The topological polar surface area (TPSA) is 46.6 Å². The summed E-state index contributed by atoms with van der Waals surface area (Å²) in [6, 6.07) is 10.5. The van der Waals surface area contributed by atoms with E-state index in [0.717, 1.165) is 19.3 Å². The maximum absolute atomic E-state index is 12.3. The molecular formula is C24H37NO3. The third-order valence-electron chi connectivity index (χ3n) is 5.66. The largest absolute Gasteiger partial charge is 0.447 e. The van der Waals surface area contributed by atoms with Crippen molar-refractivity contribution in [2.45, 2.75) is 84.0 Å². The van der Waals surface area contributed by atoms with E-state index in [0.29, 0.717) is 25.5 Å². The highest BCUT2D eigenvalue weighted by atomic mass is 16.6. The van der Waals surface area contributed by atoms with Crippen molar-refractivity contribution in [3.63, 3.8) is 0 Å². The number of rotatable bonds is 14. The minimum absolute atomic E-state index is 0.0866. The molecular weight excluding hydrogens is 350 g/mol. The number of amides is 2. The van der Waals surface area contributed by atoms with E-state index in [-0.39, 0.29) is 5.91 Å². The Hall–Kier alpha value is -1.84. The molecule has 1 fully saturated rings. The zero-order valence-corrected chi connectivity index (χ0v) is 17.5. The molecule has 4 nitrogen and oxygen atoms in total. The fraction of sp³-hybridized carbons (Fsp3) is 0.667. The van der Waals surface area contributed by atoms with Crippen molar-refractivity contribution in [2.24, 2.45) is 5.92 Å². The van der Waals surface area contributed by atoms with Crippen LogP contribution in [-0.2, 0) is 16.0 Å². The second-order valence-electron chi connectivity index (χ2n) is 8.02. The van der Waals surface area contributed by atoms with Crippen molar-refractivity contribution in [1.82, 2.24) is 4.90 Å². The number of nitrogens with zero attached hydrogens (tertiary/aromatic N) is 1. The summed E-state index contributed by atoms with van der Waals surface area (Å²) in [5, 5.41) is 0. The highest BCUT2D eigenvalue weighted by Crippen LogP contribution is 2.22. The van der Waals surface area contributed by atoms with Crippen LogP contribution in [0.3, 0.4) is 0 Å². The standard InChI is InChI=1S/C24H37NO3/c1-2-3-4-5-6-7-8-10-15-22(20-21-13-11-9-12-14-21)16-17-23(26)25-18-19-28-24(25)27/h9,11-14,22H,2-8,10,15-20H2,1H3. The quantitative estimate of drug-likeness (QED) is 0.360. The number of hydrogen-bond donors (Lipinski definition) is 0. The average Bonchev–Trinajstić information content (AvgIpc) is 3.14. The Kier molecular flexibility index (Phi) is 10.7. The van der Waals surface area contributed by atoms with Crippen LogP contribution < -0.4 is 0 Å². The summed E-state index contributed by atoms with van der Waals surface area (Å²) in [6.45, 7) is 2.99. The first-order valence-corrected chi connectivity index (χ1v) is 11.2. The molecule has 1 unspecified atom stereocenters. The number of hydrogen-bond acceptors (Lipinski definition) is 3. The van der Waals surface area contributed by atoms with E-state index in [4.69, 9.17) is 4.74 Å². The number of carbonyl (C=O) groups excluding carboxylic acids is 2. The highest BCUT2D eigenvalue weighted by Gasteiger charge is 2.28. The van der Waals surface area contributed by atoms with E-state index in [1.54, 1.807) is 0 Å². The Labute approximate surface area is 170 Å². The Morgan fingerprint density at radius 3 is 2.32 bits per heavy atom. The monoisotopic (exact) mass is 387 g/mol. The minimum Gasteiger partial charge on any atom is -0.447 e. The minimum atomic E-state index is -0.479. The smallest absolute Gasteiger partial charge is 0.416 e. The molecule has 156 valence electrons. The third-order valence-corrected chi connectivity index (χ3v) is 5.66. The predicted octanol–water partition coefficient (Wildman–Crippen LogP) is 6.14. The van der Waals surface area contributed by atoms with E-state index in [1.807, 2.05) is 6.07 Å². The third kappa shape index (κ3) is 8.45. The normalized spacial score (nSPS) is 14.9. The second-order valence-corrected chi connectivity index (χ2v) is 8.02. The first kappa shape index (κ1) is 22.4. The van der Waals surface area contributed by atoms with Gasteiger partial charge < -0.3 is 4.74 Å². The molecule has 1 saturated heterocycles. The van der Waals surface area contributed by atoms with Crippen molar-refractivity contribution >= 4 is 12.0 Å². The van der Waals surface area contributed by atoms with E-state index in [2.05, 4.69) is 31.2 Å². The number of benzene rings is 1. The molecule has 0 aromatic heterocycles. The van der Waals surface area contributed by atoms with Gasteiger partial charge in [-0.25, -0.2) is 9.69 Å². The molecule has 0 bridgehead atoms. The lowest BCUT2D eigenvalue weighted by Crippen LogP contribution is -2.31. The molecule has 0 aliphatic carbocycles. The fourth-order valence-electron chi connectivity index (χ4n) is 3.95. The second kappa shape index (κ2) is 13.4. The molecule has 1 aliphatic heterocycles. The Morgan fingerprint density at radius 1 is 1.00 bits per heavy atom. The molecule has 1 aliphatic rings. The molecule has 1 atom stereocenters. The molecule has 0 radical (unpaired) electrons. The number of carbonyl (C=O) groups is 2. The predicted molar refractivity (Wildman–Crippen MR) is 113 cm³/mol. The summed E-state index contributed by atoms with van der Waals surface area (Å²) in [4.78, 5) is 25.2. The van der Waals surface area contributed by atoms with Crippen molar-refractivity contribution in [1.29, 1.82) is 0 Å². The summed E-state index contributed by atoms with van der Waals surface area (Å²) in [5.74, 6) is 0.404. The Balaban J connectivity index is 1.73. The summed E-state index contributed by atoms with van der Waals surface area (Å²) < 4.78 is 4.88. The van der Waals surface area contributed by atoms with Gasteiger partial charge in [-0.3, -0.25) is 4.79 Å². The molecule has 4 heteroatoms. The molecule has 2 amide bonds. The van der Waals surface area contributed by atoms with E-state index >= 15 is 0 Å². The molecule has 0 N–H and O–H groups in total. The fourth-order valence-corrected chi connectivity index (χ4v) is 3.95. The zero-order chi connectivity index (χ0) is 20.0. The number of ether oxygens (including phenoxy) is 1. The number of cyclic esters (lactones) is 1. The van der Waals surface area contributed by atoms with E-state index in [1.165, 1.54) is 61.8 Å². The Morgan fingerprint density at radius 2 is 1.68 bits per heavy atom. The first-order valence-electron chi connectivity index (χ1n) is 11.2. The zero-order valence-electron chi connectivity index (χ0n) is 17.5. The highest BCUT2D eigenvalue weighted by molar-refractivity contribution is 5.92. The van der Waals surface area contributed by atoms with Gasteiger partial charge in [0.25, 0.3) is 0 Å². The molecule has 0 saturated carbocycles. The van der Waals surface area contributed by atoms with E-state index in [9.17, 15) is 9.59 Å². The molecule has 1 aromatic carbocycles. The van der Waals surface area contributed by atoms with Crippen LogP contribution in [0.5, 0.6) is 0 Å². The van der Waals surface area contributed by atoms with Gasteiger partial charge in [-0.1, -0.05) is 95.0 Å². The molecule has 28 heavy (non-hydrogen) atoms. The maximum Gasteiger partial charge on any atom is 0.416 e. The van der Waals surface area contributed by atoms with Gasteiger partial charge in [0, 0.05) is 6.42 Å². The molecule has 0 spiro atoms. The summed E-state index contributed by atoms with van der Waals surface area (Å²) in [7, 11) is 0. The first-order chi connectivity index (χ1) is 13.7. The maximum atomic E-state index is 12.3. The van der Waals surface area contributed by atoms with Crippen molar-refractivity contribution in [2.75, 3.05) is 13.2 Å². The lowest BCUT2D eigenvalue weighted by molar-refractivity contribution is -0.128. The van der Waals surface area contributed by atoms with Crippen LogP contribution in [0.15, 0.2) is 30.3 Å². The van der Waals surface area contributed by atoms with Gasteiger partial charge in [0.05, 0.1) is 6.54 Å². The van der Waals surface area contributed by atoms with Crippen LogP contribution in [0.25, 0.3) is 0 Å². The lowest BCUT2D eigenvalue weighted by Gasteiger charge is -2.18. The summed E-state index contributed by atoms with van der Waals surface area (Å²) in [6.07, 6.45) is 13.5. The van der Waals surface area contributed by atoms with Crippen molar-refractivity contribution < 1.29 is 14.3 Å². The SMILES string of the molecule is CCCCCCCCCCC(CCC(=O)N1CCOC1=O)Cc1ccccc1.